The second-order valence-corrected chi connectivity index (χ2v) is 8.31. The maximum Gasteiger partial charge on any atom is 0.211 e. The molecule has 1 aliphatic carbocycles. The number of sulfonamides is 1. The molecule has 3 aliphatic rings. The third-order valence-electron chi connectivity index (χ3n) is 5.13. The maximum atomic E-state index is 11.5. The number of hydrogen-bond acceptors (Lipinski definition) is 4. The Hall–Kier alpha value is -0.170. The van der Waals surface area contributed by atoms with E-state index in [0.717, 1.165) is 31.5 Å². The van der Waals surface area contributed by atoms with Gasteiger partial charge in [-0.2, -0.15) is 4.31 Å². The third-order valence-corrected chi connectivity index (χ3v) is 6.44. The molecule has 0 aromatic carbocycles. The van der Waals surface area contributed by atoms with E-state index in [2.05, 4.69) is 10.2 Å². The molecule has 5 nitrogen and oxygen atoms in total. The molecule has 3 atom stereocenters. The zero-order valence-corrected chi connectivity index (χ0v) is 12.5. The lowest BCUT2D eigenvalue weighted by molar-refractivity contribution is 0.165. The highest BCUT2D eigenvalue weighted by Crippen LogP contribution is 2.37. The van der Waals surface area contributed by atoms with Gasteiger partial charge in [-0.1, -0.05) is 6.42 Å². The van der Waals surface area contributed by atoms with Crippen LogP contribution in [0.15, 0.2) is 0 Å². The van der Waals surface area contributed by atoms with E-state index in [9.17, 15) is 8.42 Å². The Balaban J connectivity index is 1.50. The van der Waals surface area contributed by atoms with Gasteiger partial charge in [0.1, 0.15) is 0 Å². The van der Waals surface area contributed by atoms with Crippen LogP contribution in [0.25, 0.3) is 0 Å². The van der Waals surface area contributed by atoms with Gasteiger partial charge in [0.2, 0.25) is 10.0 Å². The van der Waals surface area contributed by atoms with Crippen molar-refractivity contribution < 1.29 is 8.42 Å². The van der Waals surface area contributed by atoms with Crippen LogP contribution in [0.3, 0.4) is 0 Å². The second kappa shape index (κ2) is 5.31. The van der Waals surface area contributed by atoms with E-state index in [-0.39, 0.29) is 0 Å². The standard InChI is InChI=1S/C13H25N3O2S/c1-19(17,18)16-7-5-15(6-8-16)10-13-12-4-2-3-11(12)9-14-13/h11-14H,2-10H2,1H3. The van der Waals surface area contributed by atoms with Gasteiger partial charge >= 0.3 is 0 Å². The van der Waals surface area contributed by atoms with Crippen molar-refractivity contribution >= 4 is 10.0 Å². The van der Waals surface area contributed by atoms with Gasteiger partial charge < -0.3 is 5.32 Å². The van der Waals surface area contributed by atoms with Crippen molar-refractivity contribution in [2.24, 2.45) is 11.8 Å². The van der Waals surface area contributed by atoms with E-state index >= 15 is 0 Å². The van der Waals surface area contributed by atoms with Crippen molar-refractivity contribution in [1.82, 2.24) is 14.5 Å². The predicted octanol–water partition coefficient (Wildman–Crippen LogP) is -0.0483. The van der Waals surface area contributed by atoms with Crippen molar-refractivity contribution in [1.29, 1.82) is 0 Å². The van der Waals surface area contributed by atoms with Crippen LogP contribution < -0.4 is 5.32 Å². The second-order valence-electron chi connectivity index (χ2n) is 6.33. The lowest BCUT2D eigenvalue weighted by Gasteiger charge is -2.35. The van der Waals surface area contributed by atoms with Gasteiger partial charge in [-0.05, 0) is 31.2 Å². The zero-order chi connectivity index (χ0) is 13.5. The first-order chi connectivity index (χ1) is 9.04. The smallest absolute Gasteiger partial charge is 0.211 e. The fraction of sp³-hybridized carbons (Fsp3) is 1.00. The summed E-state index contributed by atoms with van der Waals surface area (Å²) in [7, 11) is -3.00. The number of fused-ring (bicyclic) bond motifs is 1. The summed E-state index contributed by atoms with van der Waals surface area (Å²) in [6.45, 7) is 5.35. The molecule has 0 aromatic heterocycles. The molecule has 0 bridgehead atoms. The monoisotopic (exact) mass is 287 g/mol. The van der Waals surface area contributed by atoms with Crippen LogP contribution in [0, 0.1) is 11.8 Å². The summed E-state index contributed by atoms with van der Waals surface area (Å²) >= 11 is 0. The Morgan fingerprint density at radius 2 is 1.89 bits per heavy atom. The Morgan fingerprint density at radius 3 is 2.58 bits per heavy atom. The number of hydrogen-bond donors (Lipinski definition) is 1. The molecule has 110 valence electrons. The van der Waals surface area contributed by atoms with Gasteiger partial charge in [0.05, 0.1) is 6.26 Å². The highest BCUT2D eigenvalue weighted by molar-refractivity contribution is 7.88. The maximum absolute atomic E-state index is 11.5. The van der Waals surface area contributed by atoms with E-state index in [1.54, 1.807) is 4.31 Å². The van der Waals surface area contributed by atoms with E-state index in [1.807, 2.05) is 0 Å². The van der Waals surface area contributed by atoms with E-state index < -0.39 is 10.0 Å². The molecule has 1 N–H and O–H groups in total. The zero-order valence-electron chi connectivity index (χ0n) is 11.7. The van der Waals surface area contributed by atoms with Crippen LogP contribution in [0.2, 0.25) is 0 Å². The predicted molar refractivity (Wildman–Crippen MR) is 75.5 cm³/mol. The fourth-order valence-corrected chi connectivity index (χ4v) is 4.85. The summed E-state index contributed by atoms with van der Waals surface area (Å²) in [5.41, 5.74) is 0. The summed E-state index contributed by atoms with van der Waals surface area (Å²) in [4.78, 5) is 2.43. The molecule has 0 aromatic rings. The Kier molecular flexibility index (Phi) is 3.86. The Labute approximate surface area is 116 Å². The Morgan fingerprint density at radius 1 is 1.16 bits per heavy atom. The normalized spacial score (nSPS) is 37.6. The number of rotatable bonds is 3. The van der Waals surface area contributed by atoms with E-state index in [0.29, 0.717) is 19.1 Å². The molecular formula is C13H25N3O2S. The van der Waals surface area contributed by atoms with E-state index in [1.165, 1.54) is 32.1 Å². The molecule has 2 aliphatic heterocycles. The van der Waals surface area contributed by atoms with Crippen LogP contribution in [-0.2, 0) is 10.0 Å². The molecule has 2 heterocycles. The molecule has 2 saturated heterocycles. The molecule has 19 heavy (non-hydrogen) atoms. The van der Waals surface area contributed by atoms with Gasteiger partial charge in [-0.3, -0.25) is 4.90 Å². The number of nitrogens with one attached hydrogen (secondary N) is 1. The van der Waals surface area contributed by atoms with Crippen molar-refractivity contribution in [2.45, 2.75) is 25.3 Å². The molecule has 1 saturated carbocycles. The molecule has 3 fully saturated rings. The topological polar surface area (TPSA) is 52.7 Å². The lowest BCUT2D eigenvalue weighted by atomic mass is 9.94. The minimum absolute atomic E-state index is 0.636. The van der Waals surface area contributed by atoms with E-state index in [4.69, 9.17) is 0 Å². The summed E-state index contributed by atoms with van der Waals surface area (Å²) < 4.78 is 24.6. The third kappa shape index (κ3) is 2.96. The van der Waals surface area contributed by atoms with Gasteiger partial charge in [-0.25, -0.2) is 8.42 Å². The molecule has 0 spiro atoms. The molecule has 3 rings (SSSR count). The molecule has 6 heteroatoms. The SMILES string of the molecule is CS(=O)(=O)N1CCN(CC2NCC3CCCC32)CC1. The van der Waals surface area contributed by atoms with Crippen LogP contribution in [0.5, 0.6) is 0 Å². The van der Waals surface area contributed by atoms with Crippen LogP contribution in [0.4, 0.5) is 0 Å². The number of nitrogens with zero attached hydrogens (tertiary/aromatic N) is 2. The summed E-state index contributed by atoms with van der Waals surface area (Å²) in [6.07, 6.45) is 5.49. The van der Waals surface area contributed by atoms with Crippen molar-refractivity contribution in [3.8, 4) is 0 Å². The minimum Gasteiger partial charge on any atom is -0.312 e. The van der Waals surface area contributed by atoms with Gasteiger partial charge in [0.15, 0.2) is 0 Å². The first-order valence-corrected chi connectivity index (χ1v) is 9.30. The van der Waals surface area contributed by atoms with Gasteiger partial charge in [0, 0.05) is 38.8 Å². The van der Waals surface area contributed by atoms with Crippen LogP contribution in [0.1, 0.15) is 19.3 Å². The summed E-state index contributed by atoms with van der Waals surface area (Å²) in [5.74, 6) is 1.77. The average molecular weight is 287 g/mol. The quantitative estimate of drug-likeness (QED) is 0.791. The number of piperazine rings is 1. The molecule has 0 radical (unpaired) electrons. The van der Waals surface area contributed by atoms with Crippen molar-refractivity contribution in [3.63, 3.8) is 0 Å². The van der Waals surface area contributed by atoms with Gasteiger partial charge in [0.25, 0.3) is 0 Å². The first-order valence-electron chi connectivity index (χ1n) is 7.45. The molecule has 0 amide bonds. The fourth-order valence-electron chi connectivity index (χ4n) is 4.02. The molecule has 3 unspecified atom stereocenters. The molecular weight excluding hydrogens is 262 g/mol. The van der Waals surface area contributed by atoms with Crippen molar-refractivity contribution in [2.75, 3.05) is 45.5 Å². The summed E-state index contributed by atoms with van der Waals surface area (Å²) in [6, 6.07) is 0.636. The Bertz CT molecular complexity index is 418. The van der Waals surface area contributed by atoms with Crippen molar-refractivity contribution in [3.05, 3.63) is 0 Å². The average Bonchev–Trinajstić information content (AvgIpc) is 2.94. The highest BCUT2D eigenvalue weighted by atomic mass is 32.2. The largest absolute Gasteiger partial charge is 0.312 e. The first kappa shape index (κ1) is 13.8. The summed E-state index contributed by atoms with van der Waals surface area (Å²) in [5, 5.41) is 3.67. The lowest BCUT2D eigenvalue weighted by Crippen LogP contribution is -2.51. The minimum atomic E-state index is -3.00. The highest BCUT2D eigenvalue weighted by Gasteiger charge is 2.39. The van der Waals surface area contributed by atoms with Crippen LogP contribution in [-0.4, -0.2) is 69.2 Å². The van der Waals surface area contributed by atoms with Gasteiger partial charge in [-0.15, -0.1) is 0 Å². The van der Waals surface area contributed by atoms with Crippen LogP contribution >= 0.6 is 0 Å².